The highest BCUT2D eigenvalue weighted by atomic mass is 35.5. The smallest absolute Gasteiger partial charge is 0.318 e. The Labute approximate surface area is 139 Å². The van der Waals surface area contributed by atoms with E-state index >= 15 is 0 Å². The Bertz CT molecular complexity index is 710. The molecule has 6 heteroatoms. The second-order valence-electron chi connectivity index (χ2n) is 4.66. The van der Waals surface area contributed by atoms with E-state index in [1.807, 2.05) is 12.1 Å². The maximum Gasteiger partial charge on any atom is 0.318 e. The Morgan fingerprint density at radius 1 is 0.913 bits per heavy atom. The number of benzene rings is 2. The zero-order chi connectivity index (χ0) is 16.7. The Morgan fingerprint density at radius 3 is 2.04 bits per heavy atom. The molecule has 0 unspecified atom stereocenters. The van der Waals surface area contributed by atoms with Crippen molar-refractivity contribution in [3.05, 3.63) is 65.2 Å². The van der Waals surface area contributed by atoms with E-state index in [1.165, 1.54) is 13.1 Å². The van der Waals surface area contributed by atoms with Crippen molar-refractivity contribution in [2.75, 3.05) is 17.7 Å². The van der Waals surface area contributed by atoms with Crippen LogP contribution in [0.15, 0.2) is 54.6 Å². The maximum absolute atomic E-state index is 11.9. The van der Waals surface area contributed by atoms with E-state index in [-0.39, 0.29) is 11.9 Å². The fourth-order valence-electron chi connectivity index (χ4n) is 1.76. The standard InChI is InChI=1S/C17H16ClN3O2/c1-19-17(23)21-15-9-7-14(8-10-15)20-16(22)11-4-12-2-5-13(18)6-3-12/h2-11H,1H3,(H,20,22)(H2,19,21,23)/b11-4+. The zero-order valence-electron chi connectivity index (χ0n) is 12.5. The van der Waals surface area contributed by atoms with Gasteiger partial charge in [-0.1, -0.05) is 23.7 Å². The summed E-state index contributed by atoms with van der Waals surface area (Å²) in [5.41, 5.74) is 2.16. The minimum absolute atomic E-state index is 0.244. The summed E-state index contributed by atoms with van der Waals surface area (Å²) in [6.07, 6.45) is 3.15. The van der Waals surface area contributed by atoms with Gasteiger partial charge in [-0.05, 0) is 48.0 Å². The van der Waals surface area contributed by atoms with Crippen LogP contribution in [0.3, 0.4) is 0 Å². The fourth-order valence-corrected chi connectivity index (χ4v) is 1.89. The van der Waals surface area contributed by atoms with Crippen molar-refractivity contribution in [2.24, 2.45) is 0 Å². The molecule has 0 bridgehead atoms. The van der Waals surface area contributed by atoms with Crippen LogP contribution >= 0.6 is 11.6 Å². The number of hydrogen-bond acceptors (Lipinski definition) is 2. The van der Waals surface area contributed by atoms with Gasteiger partial charge in [0.2, 0.25) is 5.91 Å². The molecule has 0 spiro atoms. The van der Waals surface area contributed by atoms with Crippen LogP contribution in [-0.4, -0.2) is 19.0 Å². The van der Waals surface area contributed by atoms with E-state index in [0.717, 1.165) is 5.56 Å². The highest BCUT2D eigenvalue weighted by Crippen LogP contribution is 2.14. The van der Waals surface area contributed by atoms with E-state index in [9.17, 15) is 9.59 Å². The Kier molecular flexibility index (Phi) is 5.77. The molecular weight excluding hydrogens is 314 g/mol. The summed E-state index contributed by atoms with van der Waals surface area (Å²) in [4.78, 5) is 23.0. The average molecular weight is 330 g/mol. The first-order valence-electron chi connectivity index (χ1n) is 6.90. The van der Waals surface area contributed by atoms with Crippen LogP contribution in [-0.2, 0) is 4.79 Å². The van der Waals surface area contributed by atoms with E-state index in [2.05, 4.69) is 16.0 Å². The number of urea groups is 1. The molecule has 2 rings (SSSR count). The lowest BCUT2D eigenvalue weighted by Gasteiger charge is -2.06. The van der Waals surface area contributed by atoms with Crippen molar-refractivity contribution >= 4 is 41.0 Å². The summed E-state index contributed by atoms with van der Waals surface area (Å²) in [6.45, 7) is 0. The summed E-state index contributed by atoms with van der Waals surface area (Å²) < 4.78 is 0. The number of carbonyl (C=O) groups is 2. The van der Waals surface area contributed by atoms with Crippen LogP contribution in [0.25, 0.3) is 6.08 Å². The molecule has 3 amide bonds. The largest absolute Gasteiger partial charge is 0.341 e. The first kappa shape index (κ1) is 16.6. The van der Waals surface area contributed by atoms with Crippen LogP contribution in [0.1, 0.15) is 5.56 Å². The Balaban J connectivity index is 1.92. The lowest BCUT2D eigenvalue weighted by atomic mass is 10.2. The molecule has 3 N–H and O–H groups in total. The molecule has 23 heavy (non-hydrogen) atoms. The van der Waals surface area contributed by atoms with Crippen molar-refractivity contribution < 1.29 is 9.59 Å². The molecule has 118 valence electrons. The number of anilines is 2. The third-order valence-electron chi connectivity index (χ3n) is 2.93. The second kappa shape index (κ2) is 8.00. The molecule has 0 aliphatic heterocycles. The highest BCUT2D eigenvalue weighted by Gasteiger charge is 2.01. The third kappa shape index (κ3) is 5.48. The monoisotopic (exact) mass is 329 g/mol. The van der Waals surface area contributed by atoms with Gasteiger partial charge in [-0.25, -0.2) is 4.79 Å². The van der Waals surface area contributed by atoms with Gasteiger partial charge in [0.1, 0.15) is 0 Å². The van der Waals surface area contributed by atoms with Crippen LogP contribution in [0, 0.1) is 0 Å². The molecule has 0 aromatic heterocycles. The van der Waals surface area contributed by atoms with Gasteiger partial charge in [0.05, 0.1) is 0 Å². The van der Waals surface area contributed by atoms with Gasteiger partial charge in [0, 0.05) is 29.5 Å². The number of nitrogens with one attached hydrogen (secondary N) is 3. The maximum atomic E-state index is 11.9. The average Bonchev–Trinajstić information content (AvgIpc) is 2.56. The number of amides is 3. The predicted octanol–water partition coefficient (Wildman–Crippen LogP) is 3.74. The lowest BCUT2D eigenvalue weighted by Crippen LogP contribution is -2.24. The zero-order valence-corrected chi connectivity index (χ0v) is 13.2. The highest BCUT2D eigenvalue weighted by molar-refractivity contribution is 6.30. The number of rotatable bonds is 4. The van der Waals surface area contributed by atoms with E-state index in [4.69, 9.17) is 11.6 Å². The first-order valence-corrected chi connectivity index (χ1v) is 7.28. The summed E-state index contributed by atoms with van der Waals surface area (Å²) in [6, 6.07) is 13.7. The van der Waals surface area contributed by atoms with E-state index in [1.54, 1.807) is 42.5 Å². The van der Waals surface area contributed by atoms with E-state index in [0.29, 0.717) is 16.4 Å². The second-order valence-corrected chi connectivity index (χ2v) is 5.09. The molecule has 2 aromatic rings. The predicted molar refractivity (Wildman–Crippen MR) is 93.6 cm³/mol. The van der Waals surface area contributed by atoms with Crippen molar-refractivity contribution in [3.8, 4) is 0 Å². The van der Waals surface area contributed by atoms with Crippen LogP contribution in [0.4, 0.5) is 16.2 Å². The van der Waals surface area contributed by atoms with Crippen molar-refractivity contribution in [1.82, 2.24) is 5.32 Å². The number of carbonyl (C=O) groups excluding carboxylic acids is 2. The van der Waals surface area contributed by atoms with Gasteiger partial charge in [-0.15, -0.1) is 0 Å². The number of halogens is 1. The van der Waals surface area contributed by atoms with E-state index < -0.39 is 0 Å². The molecule has 0 saturated carbocycles. The Hall–Kier alpha value is -2.79. The molecule has 5 nitrogen and oxygen atoms in total. The Morgan fingerprint density at radius 2 is 1.48 bits per heavy atom. The SMILES string of the molecule is CNC(=O)Nc1ccc(NC(=O)/C=C/c2ccc(Cl)cc2)cc1. The third-order valence-corrected chi connectivity index (χ3v) is 3.19. The molecule has 2 aromatic carbocycles. The van der Waals surface area contributed by atoms with Gasteiger partial charge in [-0.2, -0.15) is 0 Å². The normalized spacial score (nSPS) is 10.3. The lowest BCUT2D eigenvalue weighted by molar-refractivity contribution is -0.111. The van der Waals surface area contributed by atoms with Crippen molar-refractivity contribution in [3.63, 3.8) is 0 Å². The molecule has 0 heterocycles. The number of hydrogen-bond donors (Lipinski definition) is 3. The van der Waals surface area contributed by atoms with Gasteiger partial charge in [0.15, 0.2) is 0 Å². The fraction of sp³-hybridized carbons (Fsp3) is 0.0588. The minimum atomic E-state index is -0.298. The minimum Gasteiger partial charge on any atom is -0.341 e. The van der Waals surface area contributed by atoms with Gasteiger partial charge in [0.25, 0.3) is 0 Å². The molecule has 0 aliphatic rings. The molecule has 0 saturated heterocycles. The first-order chi connectivity index (χ1) is 11.1. The molecular formula is C17H16ClN3O2. The molecule has 0 atom stereocenters. The van der Waals surface area contributed by atoms with Crippen LogP contribution in [0.5, 0.6) is 0 Å². The van der Waals surface area contributed by atoms with Crippen LogP contribution in [0.2, 0.25) is 5.02 Å². The molecule has 0 fully saturated rings. The van der Waals surface area contributed by atoms with Crippen LogP contribution < -0.4 is 16.0 Å². The quantitative estimate of drug-likeness (QED) is 0.748. The summed E-state index contributed by atoms with van der Waals surface area (Å²) in [5.74, 6) is -0.244. The summed E-state index contributed by atoms with van der Waals surface area (Å²) >= 11 is 5.80. The topological polar surface area (TPSA) is 70.2 Å². The van der Waals surface area contributed by atoms with Crippen molar-refractivity contribution in [2.45, 2.75) is 0 Å². The molecule has 0 aliphatic carbocycles. The van der Waals surface area contributed by atoms with Gasteiger partial charge >= 0.3 is 6.03 Å². The summed E-state index contributed by atoms with van der Waals surface area (Å²) in [7, 11) is 1.54. The van der Waals surface area contributed by atoms with Gasteiger partial charge in [-0.3, -0.25) is 4.79 Å². The van der Waals surface area contributed by atoms with Gasteiger partial charge < -0.3 is 16.0 Å². The van der Waals surface area contributed by atoms with Crippen molar-refractivity contribution in [1.29, 1.82) is 0 Å². The molecule has 0 radical (unpaired) electrons. The summed E-state index contributed by atoms with van der Waals surface area (Å²) in [5, 5.41) is 8.48.